The van der Waals surface area contributed by atoms with Crippen molar-refractivity contribution in [2.75, 3.05) is 21.3 Å². The molecule has 1 fully saturated rings. The van der Waals surface area contributed by atoms with Crippen LogP contribution in [0.2, 0.25) is 0 Å². The first-order chi connectivity index (χ1) is 13.6. The molecule has 1 heterocycles. The molecular formula is C21H28N2O4S2. The van der Waals surface area contributed by atoms with Crippen molar-refractivity contribution in [3.8, 4) is 0 Å². The molecule has 1 N–H and O–H groups in total. The smallest absolute Gasteiger partial charge is 0.262 e. The van der Waals surface area contributed by atoms with E-state index in [-0.39, 0.29) is 10.6 Å². The SMILES string of the molecule is CCc1cccc(C)c1NS(=O)(=O)c1cc(C)c(N2CCCCS2(=O)=O)cc1C. The van der Waals surface area contributed by atoms with Gasteiger partial charge in [0.05, 0.1) is 22.0 Å². The van der Waals surface area contributed by atoms with E-state index in [1.807, 2.05) is 32.0 Å². The molecule has 0 atom stereocenters. The van der Waals surface area contributed by atoms with Gasteiger partial charge in [0, 0.05) is 6.54 Å². The molecule has 2 aromatic rings. The summed E-state index contributed by atoms with van der Waals surface area (Å²) in [5, 5.41) is 0. The Morgan fingerprint density at radius 3 is 2.41 bits per heavy atom. The van der Waals surface area contributed by atoms with Gasteiger partial charge in [-0.15, -0.1) is 0 Å². The van der Waals surface area contributed by atoms with Gasteiger partial charge in [0.25, 0.3) is 10.0 Å². The monoisotopic (exact) mass is 436 g/mol. The average Bonchev–Trinajstić information content (AvgIpc) is 2.64. The Bertz CT molecular complexity index is 1140. The number of sulfonamides is 2. The summed E-state index contributed by atoms with van der Waals surface area (Å²) >= 11 is 0. The molecule has 1 saturated heterocycles. The molecule has 0 amide bonds. The van der Waals surface area contributed by atoms with Gasteiger partial charge in [-0.2, -0.15) is 0 Å². The zero-order valence-electron chi connectivity index (χ0n) is 17.3. The molecule has 0 aliphatic carbocycles. The number of hydrogen-bond acceptors (Lipinski definition) is 4. The third-order valence-corrected chi connectivity index (χ3v) is 8.72. The number of nitrogens with zero attached hydrogens (tertiary/aromatic N) is 1. The summed E-state index contributed by atoms with van der Waals surface area (Å²) in [6, 6.07) is 8.94. The molecule has 3 rings (SSSR count). The van der Waals surface area contributed by atoms with Crippen LogP contribution in [0.25, 0.3) is 0 Å². The van der Waals surface area contributed by atoms with Crippen molar-refractivity contribution in [2.24, 2.45) is 0 Å². The van der Waals surface area contributed by atoms with E-state index < -0.39 is 20.0 Å². The van der Waals surface area contributed by atoms with Crippen LogP contribution in [-0.4, -0.2) is 29.1 Å². The Hall–Kier alpha value is -2.06. The predicted molar refractivity (Wildman–Crippen MR) is 118 cm³/mol. The van der Waals surface area contributed by atoms with E-state index in [0.717, 1.165) is 17.5 Å². The molecule has 0 aromatic heterocycles. The lowest BCUT2D eigenvalue weighted by Crippen LogP contribution is -2.38. The lowest BCUT2D eigenvalue weighted by Gasteiger charge is -2.30. The second-order valence-electron chi connectivity index (χ2n) is 7.57. The third kappa shape index (κ3) is 4.28. The molecule has 0 saturated carbocycles. The van der Waals surface area contributed by atoms with Crippen LogP contribution in [0.3, 0.4) is 0 Å². The summed E-state index contributed by atoms with van der Waals surface area (Å²) in [4.78, 5) is 0.165. The number of hydrogen-bond donors (Lipinski definition) is 1. The lowest BCUT2D eigenvalue weighted by molar-refractivity contribution is 0.574. The zero-order chi connectivity index (χ0) is 21.4. The molecule has 2 aromatic carbocycles. The van der Waals surface area contributed by atoms with E-state index in [9.17, 15) is 16.8 Å². The molecule has 6 nitrogen and oxygen atoms in total. The second-order valence-corrected chi connectivity index (χ2v) is 11.2. The molecular weight excluding hydrogens is 408 g/mol. The van der Waals surface area contributed by atoms with Gasteiger partial charge in [-0.3, -0.25) is 9.03 Å². The molecule has 1 aliphatic heterocycles. The van der Waals surface area contributed by atoms with Crippen LogP contribution < -0.4 is 9.03 Å². The highest BCUT2D eigenvalue weighted by Gasteiger charge is 2.29. The van der Waals surface area contributed by atoms with Gasteiger partial charge in [-0.1, -0.05) is 25.1 Å². The number of para-hydroxylation sites is 1. The normalized spacial score (nSPS) is 16.6. The Labute approximate surface area is 174 Å². The Morgan fingerprint density at radius 1 is 1.03 bits per heavy atom. The summed E-state index contributed by atoms with van der Waals surface area (Å²) in [6.07, 6.45) is 2.17. The molecule has 0 bridgehead atoms. The molecule has 8 heteroatoms. The summed E-state index contributed by atoms with van der Waals surface area (Å²) in [7, 11) is -7.17. The molecule has 0 radical (unpaired) electrons. The number of rotatable bonds is 5. The Kier molecular flexibility index (Phi) is 5.96. The highest BCUT2D eigenvalue weighted by molar-refractivity contribution is 7.93. The first-order valence-corrected chi connectivity index (χ1v) is 12.9. The van der Waals surface area contributed by atoms with Crippen molar-refractivity contribution in [2.45, 2.75) is 51.9 Å². The van der Waals surface area contributed by atoms with Crippen LogP contribution in [0, 0.1) is 20.8 Å². The summed E-state index contributed by atoms with van der Waals surface area (Å²) in [5.41, 5.74) is 4.10. The lowest BCUT2D eigenvalue weighted by atomic mass is 10.1. The maximum atomic E-state index is 13.2. The van der Waals surface area contributed by atoms with E-state index in [1.165, 1.54) is 4.31 Å². The van der Waals surface area contributed by atoms with E-state index >= 15 is 0 Å². The third-order valence-electron chi connectivity index (χ3n) is 5.38. The molecule has 29 heavy (non-hydrogen) atoms. The van der Waals surface area contributed by atoms with Crippen LogP contribution in [0.4, 0.5) is 11.4 Å². The van der Waals surface area contributed by atoms with Gasteiger partial charge >= 0.3 is 0 Å². The zero-order valence-corrected chi connectivity index (χ0v) is 19.0. The summed E-state index contributed by atoms with van der Waals surface area (Å²) < 4.78 is 55.4. The van der Waals surface area contributed by atoms with Gasteiger partial charge in [-0.25, -0.2) is 16.8 Å². The Morgan fingerprint density at radius 2 is 1.76 bits per heavy atom. The van der Waals surface area contributed by atoms with Crippen LogP contribution in [0.5, 0.6) is 0 Å². The van der Waals surface area contributed by atoms with Gasteiger partial charge < -0.3 is 0 Å². The van der Waals surface area contributed by atoms with Gasteiger partial charge in [0.2, 0.25) is 10.0 Å². The molecule has 1 aliphatic rings. The summed E-state index contributed by atoms with van der Waals surface area (Å²) in [5.74, 6) is 0.125. The second kappa shape index (κ2) is 7.99. The number of aryl methyl sites for hydroxylation is 4. The first-order valence-electron chi connectivity index (χ1n) is 9.80. The standard InChI is InChI=1S/C21H28N2O4S2/c1-5-18-10-8-9-15(2)21(18)22-29(26,27)20-14-16(3)19(13-17(20)4)23-11-6-7-12-28(23,24)25/h8-10,13-14,22H,5-7,11-12H2,1-4H3. The Balaban J connectivity index is 2.03. The summed E-state index contributed by atoms with van der Waals surface area (Å²) in [6.45, 7) is 7.74. The molecule has 0 unspecified atom stereocenters. The van der Waals surface area contributed by atoms with Crippen molar-refractivity contribution in [3.05, 3.63) is 52.6 Å². The van der Waals surface area contributed by atoms with Gasteiger partial charge in [0.1, 0.15) is 0 Å². The fraction of sp³-hybridized carbons (Fsp3) is 0.429. The predicted octanol–water partition coefficient (Wildman–Crippen LogP) is 3.91. The van der Waals surface area contributed by atoms with E-state index in [4.69, 9.17) is 0 Å². The number of benzene rings is 2. The van der Waals surface area contributed by atoms with Crippen LogP contribution in [-0.2, 0) is 26.5 Å². The van der Waals surface area contributed by atoms with Crippen molar-refractivity contribution in [3.63, 3.8) is 0 Å². The molecule has 158 valence electrons. The van der Waals surface area contributed by atoms with E-state index in [1.54, 1.807) is 26.0 Å². The number of anilines is 2. The first kappa shape index (κ1) is 21.6. The topological polar surface area (TPSA) is 83.6 Å². The van der Waals surface area contributed by atoms with Crippen molar-refractivity contribution in [1.82, 2.24) is 0 Å². The van der Waals surface area contributed by atoms with Crippen LogP contribution >= 0.6 is 0 Å². The maximum Gasteiger partial charge on any atom is 0.262 e. The van der Waals surface area contributed by atoms with Gasteiger partial charge in [0.15, 0.2) is 0 Å². The van der Waals surface area contributed by atoms with Crippen LogP contribution in [0.15, 0.2) is 35.2 Å². The van der Waals surface area contributed by atoms with Crippen molar-refractivity contribution >= 4 is 31.4 Å². The maximum absolute atomic E-state index is 13.2. The fourth-order valence-corrected chi connectivity index (χ4v) is 6.93. The highest BCUT2D eigenvalue weighted by Crippen LogP contribution is 2.32. The van der Waals surface area contributed by atoms with Crippen molar-refractivity contribution in [1.29, 1.82) is 0 Å². The highest BCUT2D eigenvalue weighted by atomic mass is 32.2. The molecule has 0 spiro atoms. The van der Waals surface area contributed by atoms with Gasteiger partial charge in [-0.05, 0) is 74.4 Å². The van der Waals surface area contributed by atoms with Crippen molar-refractivity contribution < 1.29 is 16.8 Å². The number of nitrogens with one attached hydrogen (secondary N) is 1. The minimum atomic E-state index is -3.82. The van der Waals surface area contributed by atoms with Crippen LogP contribution in [0.1, 0.15) is 42.0 Å². The van der Waals surface area contributed by atoms with E-state index in [0.29, 0.717) is 41.9 Å². The quantitative estimate of drug-likeness (QED) is 0.770. The minimum Gasteiger partial charge on any atom is -0.279 e. The van der Waals surface area contributed by atoms with E-state index in [2.05, 4.69) is 4.72 Å². The minimum absolute atomic E-state index is 0.125. The average molecular weight is 437 g/mol. The largest absolute Gasteiger partial charge is 0.279 e. The fourth-order valence-electron chi connectivity index (χ4n) is 3.75.